The molecule has 0 saturated heterocycles. The summed E-state index contributed by atoms with van der Waals surface area (Å²) in [6.07, 6.45) is 0. The lowest BCUT2D eigenvalue weighted by molar-refractivity contribution is -0.137. The van der Waals surface area contributed by atoms with Gasteiger partial charge in [0.15, 0.2) is 4.34 Å². The fourth-order valence-electron chi connectivity index (χ4n) is 1.36. The Hall–Kier alpha value is -1.53. The monoisotopic (exact) mass is 280 g/mol. The van der Waals surface area contributed by atoms with Crippen molar-refractivity contribution in [1.82, 2.24) is 4.98 Å². The SMILES string of the molecule is COC(=O)CSc1nc(-c2ccccc2)c(N)s1. The van der Waals surface area contributed by atoms with E-state index in [9.17, 15) is 4.79 Å². The van der Waals surface area contributed by atoms with Crippen molar-refractivity contribution in [1.29, 1.82) is 0 Å². The van der Waals surface area contributed by atoms with Gasteiger partial charge >= 0.3 is 5.97 Å². The van der Waals surface area contributed by atoms with E-state index in [0.717, 1.165) is 15.6 Å². The van der Waals surface area contributed by atoms with Crippen LogP contribution < -0.4 is 5.73 Å². The van der Waals surface area contributed by atoms with Crippen LogP contribution in [0, 0.1) is 0 Å². The molecule has 0 aliphatic heterocycles. The zero-order chi connectivity index (χ0) is 13.0. The molecular weight excluding hydrogens is 268 g/mol. The number of ether oxygens (including phenoxy) is 1. The fraction of sp³-hybridized carbons (Fsp3) is 0.167. The van der Waals surface area contributed by atoms with Gasteiger partial charge in [0.2, 0.25) is 0 Å². The number of carbonyl (C=O) groups excluding carboxylic acids is 1. The number of nitrogens with two attached hydrogens (primary N) is 1. The average Bonchev–Trinajstić information content (AvgIpc) is 2.78. The van der Waals surface area contributed by atoms with Crippen molar-refractivity contribution in [2.24, 2.45) is 0 Å². The predicted molar refractivity (Wildman–Crippen MR) is 74.7 cm³/mol. The van der Waals surface area contributed by atoms with Crippen molar-refractivity contribution < 1.29 is 9.53 Å². The minimum absolute atomic E-state index is 0.248. The second-order valence-electron chi connectivity index (χ2n) is 3.42. The number of anilines is 1. The predicted octanol–water partition coefficient (Wildman–Crippen LogP) is 2.66. The Morgan fingerprint density at radius 3 is 2.83 bits per heavy atom. The molecule has 18 heavy (non-hydrogen) atoms. The first-order valence-electron chi connectivity index (χ1n) is 5.22. The lowest BCUT2D eigenvalue weighted by Gasteiger charge is -1.97. The number of thiazole rings is 1. The number of nitrogens with zero attached hydrogens (tertiary/aromatic N) is 1. The number of rotatable bonds is 4. The van der Waals surface area contributed by atoms with E-state index in [1.54, 1.807) is 0 Å². The maximum atomic E-state index is 11.0. The summed E-state index contributed by atoms with van der Waals surface area (Å²) in [5, 5.41) is 0.661. The molecule has 2 N–H and O–H groups in total. The summed E-state index contributed by atoms with van der Waals surface area (Å²) in [6.45, 7) is 0. The van der Waals surface area contributed by atoms with Crippen molar-refractivity contribution >= 4 is 34.1 Å². The highest BCUT2D eigenvalue weighted by Gasteiger charge is 2.12. The molecule has 6 heteroatoms. The summed E-state index contributed by atoms with van der Waals surface area (Å²) in [4.78, 5) is 15.5. The summed E-state index contributed by atoms with van der Waals surface area (Å²) in [7, 11) is 1.37. The van der Waals surface area contributed by atoms with Gasteiger partial charge in [0.25, 0.3) is 0 Å². The Morgan fingerprint density at radius 2 is 2.17 bits per heavy atom. The third-order valence-electron chi connectivity index (χ3n) is 2.22. The zero-order valence-corrected chi connectivity index (χ0v) is 11.4. The number of thioether (sulfide) groups is 1. The second kappa shape index (κ2) is 5.88. The van der Waals surface area contributed by atoms with E-state index in [-0.39, 0.29) is 11.7 Å². The maximum absolute atomic E-state index is 11.0. The number of esters is 1. The molecule has 1 aromatic heterocycles. The van der Waals surface area contributed by atoms with Crippen molar-refractivity contribution in [3.05, 3.63) is 30.3 Å². The minimum Gasteiger partial charge on any atom is -0.468 e. The van der Waals surface area contributed by atoms with E-state index in [1.807, 2.05) is 30.3 Å². The van der Waals surface area contributed by atoms with Crippen LogP contribution in [0.25, 0.3) is 11.3 Å². The zero-order valence-electron chi connectivity index (χ0n) is 9.75. The molecule has 0 unspecified atom stereocenters. The van der Waals surface area contributed by atoms with Crippen LogP contribution in [0.5, 0.6) is 0 Å². The van der Waals surface area contributed by atoms with E-state index in [0.29, 0.717) is 5.00 Å². The molecule has 2 rings (SSSR count). The Kier molecular flexibility index (Phi) is 4.22. The van der Waals surface area contributed by atoms with Crippen molar-refractivity contribution in [3.8, 4) is 11.3 Å². The first kappa shape index (κ1) is 12.9. The molecule has 0 amide bonds. The molecule has 0 bridgehead atoms. The van der Waals surface area contributed by atoms with Crippen LogP contribution in [0.4, 0.5) is 5.00 Å². The second-order valence-corrected chi connectivity index (χ2v) is 5.68. The van der Waals surface area contributed by atoms with Crippen LogP contribution in [-0.2, 0) is 9.53 Å². The first-order chi connectivity index (χ1) is 8.70. The van der Waals surface area contributed by atoms with Gasteiger partial charge in [0, 0.05) is 5.56 Å². The molecule has 0 fully saturated rings. The van der Waals surface area contributed by atoms with E-state index >= 15 is 0 Å². The standard InChI is InChI=1S/C12H12N2O2S2/c1-16-9(15)7-17-12-14-10(11(13)18-12)8-5-3-2-4-6-8/h2-6H,7,13H2,1H3. The van der Waals surface area contributed by atoms with Crippen molar-refractivity contribution in [2.45, 2.75) is 4.34 Å². The van der Waals surface area contributed by atoms with Gasteiger partial charge in [0.1, 0.15) is 10.7 Å². The highest BCUT2D eigenvalue weighted by molar-refractivity contribution is 8.01. The Labute approximate surface area is 113 Å². The summed E-state index contributed by atoms with van der Waals surface area (Å²) in [6, 6.07) is 9.74. The molecule has 0 spiro atoms. The number of hydrogen-bond acceptors (Lipinski definition) is 6. The maximum Gasteiger partial charge on any atom is 0.316 e. The Bertz CT molecular complexity index is 540. The van der Waals surface area contributed by atoms with Gasteiger partial charge in [-0.2, -0.15) is 0 Å². The van der Waals surface area contributed by atoms with E-state index in [1.165, 1.54) is 30.2 Å². The number of carbonyl (C=O) groups is 1. The molecule has 0 atom stereocenters. The Morgan fingerprint density at radius 1 is 1.44 bits per heavy atom. The molecule has 0 aliphatic rings. The van der Waals surface area contributed by atoms with Gasteiger partial charge in [-0.05, 0) is 0 Å². The van der Waals surface area contributed by atoms with Gasteiger partial charge < -0.3 is 10.5 Å². The average molecular weight is 280 g/mol. The molecule has 94 valence electrons. The van der Waals surface area contributed by atoms with Crippen LogP contribution in [-0.4, -0.2) is 23.8 Å². The smallest absolute Gasteiger partial charge is 0.316 e. The lowest BCUT2D eigenvalue weighted by atomic mass is 10.2. The highest BCUT2D eigenvalue weighted by atomic mass is 32.2. The molecule has 0 aliphatic carbocycles. The number of aromatic nitrogens is 1. The normalized spacial score (nSPS) is 10.3. The lowest BCUT2D eigenvalue weighted by Crippen LogP contribution is -2.02. The Balaban J connectivity index is 2.15. The van der Waals surface area contributed by atoms with Crippen LogP contribution >= 0.6 is 23.1 Å². The van der Waals surface area contributed by atoms with E-state index in [2.05, 4.69) is 9.72 Å². The quantitative estimate of drug-likeness (QED) is 0.689. The number of methoxy groups -OCH3 is 1. The molecule has 0 saturated carbocycles. The molecule has 0 radical (unpaired) electrons. The molecule has 2 aromatic rings. The summed E-state index contributed by atoms with van der Waals surface area (Å²) < 4.78 is 5.35. The van der Waals surface area contributed by atoms with Crippen LogP contribution in [0.2, 0.25) is 0 Å². The van der Waals surface area contributed by atoms with Gasteiger partial charge in [-0.1, -0.05) is 53.4 Å². The minimum atomic E-state index is -0.268. The molecule has 4 nitrogen and oxygen atoms in total. The number of benzene rings is 1. The largest absolute Gasteiger partial charge is 0.468 e. The number of hydrogen-bond donors (Lipinski definition) is 1. The van der Waals surface area contributed by atoms with Gasteiger partial charge in [-0.15, -0.1) is 0 Å². The topological polar surface area (TPSA) is 65.2 Å². The van der Waals surface area contributed by atoms with Crippen LogP contribution in [0.1, 0.15) is 0 Å². The van der Waals surface area contributed by atoms with Gasteiger partial charge in [0.05, 0.1) is 12.9 Å². The van der Waals surface area contributed by atoms with E-state index < -0.39 is 0 Å². The van der Waals surface area contributed by atoms with Crippen molar-refractivity contribution in [2.75, 3.05) is 18.6 Å². The summed E-state index contributed by atoms with van der Waals surface area (Å²) >= 11 is 2.72. The first-order valence-corrected chi connectivity index (χ1v) is 7.02. The van der Waals surface area contributed by atoms with Crippen molar-refractivity contribution in [3.63, 3.8) is 0 Å². The highest BCUT2D eigenvalue weighted by Crippen LogP contribution is 2.35. The van der Waals surface area contributed by atoms with Crippen LogP contribution in [0.3, 0.4) is 0 Å². The van der Waals surface area contributed by atoms with Gasteiger partial charge in [-0.3, -0.25) is 4.79 Å². The fourth-order valence-corrected chi connectivity index (χ4v) is 3.14. The van der Waals surface area contributed by atoms with Crippen LogP contribution in [0.15, 0.2) is 34.7 Å². The van der Waals surface area contributed by atoms with Gasteiger partial charge in [-0.25, -0.2) is 4.98 Å². The molecular formula is C12H12N2O2S2. The summed E-state index contributed by atoms with van der Waals surface area (Å²) in [5.74, 6) is -0.0208. The third kappa shape index (κ3) is 3.02. The summed E-state index contributed by atoms with van der Waals surface area (Å²) in [5.41, 5.74) is 7.69. The van der Waals surface area contributed by atoms with E-state index in [4.69, 9.17) is 5.73 Å². The molecule has 1 heterocycles. The molecule has 1 aromatic carbocycles. The number of nitrogen functional groups attached to an aromatic ring is 1. The third-order valence-corrected chi connectivity index (χ3v) is 4.22.